The third-order valence-electron chi connectivity index (χ3n) is 4.41. The average Bonchev–Trinajstić information content (AvgIpc) is 2.67. The second-order valence-electron chi connectivity index (χ2n) is 6.62. The lowest BCUT2D eigenvalue weighted by atomic mass is 10.1. The van der Waals surface area contributed by atoms with Crippen LogP contribution in [0.4, 0.5) is 0 Å². The summed E-state index contributed by atoms with van der Waals surface area (Å²) < 4.78 is 16.1. The number of fused-ring (bicyclic) bond motifs is 1. The number of aromatic hydroxyl groups is 1. The van der Waals surface area contributed by atoms with Gasteiger partial charge in [-0.3, -0.25) is 0 Å². The molecule has 1 aromatic carbocycles. The normalized spacial score (nSPS) is 11.0. The van der Waals surface area contributed by atoms with Crippen LogP contribution < -0.4 is 15.1 Å². The largest absolute Gasteiger partial charge is 0.504 e. The van der Waals surface area contributed by atoms with Gasteiger partial charge in [0.25, 0.3) is 0 Å². The van der Waals surface area contributed by atoms with E-state index >= 15 is 0 Å². The van der Waals surface area contributed by atoms with E-state index in [-0.39, 0.29) is 30.3 Å². The Kier molecular flexibility index (Phi) is 8.98. The quantitative estimate of drug-likeness (QED) is 0.397. The Morgan fingerprint density at radius 1 is 0.963 bits per heavy atom. The van der Waals surface area contributed by atoms with Gasteiger partial charge in [0.05, 0.1) is 18.6 Å². The molecule has 2 N–H and O–H groups in total. The average molecular weight is 378 g/mol. The van der Waals surface area contributed by atoms with Gasteiger partial charge >= 0.3 is 5.63 Å². The molecule has 0 aliphatic carbocycles. The number of hydrogen-bond acceptors (Lipinski definition) is 6. The van der Waals surface area contributed by atoms with E-state index in [0.29, 0.717) is 17.7 Å². The van der Waals surface area contributed by atoms with Crippen LogP contribution in [0.1, 0.15) is 58.3 Å². The first kappa shape index (κ1) is 21.1. The lowest BCUT2D eigenvalue weighted by molar-refractivity contribution is 0.201. The highest BCUT2D eigenvalue weighted by molar-refractivity contribution is 5.86. The van der Waals surface area contributed by atoms with Crippen molar-refractivity contribution in [1.82, 2.24) is 0 Å². The van der Waals surface area contributed by atoms with Gasteiger partial charge in [0.15, 0.2) is 5.75 Å². The molecule has 0 atom stereocenters. The van der Waals surface area contributed by atoms with Gasteiger partial charge in [-0.1, -0.05) is 51.9 Å². The summed E-state index contributed by atoms with van der Waals surface area (Å²) >= 11 is 0. The van der Waals surface area contributed by atoms with Gasteiger partial charge in [-0.05, 0) is 24.6 Å². The summed E-state index contributed by atoms with van der Waals surface area (Å²) in [6.07, 6.45) is 9.34. The topological polar surface area (TPSA) is 89.1 Å². The summed E-state index contributed by atoms with van der Waals surface area (Å²) in [6.45, 7) is 2.60. The molecule has 0 spiro atoms. The van der Waals surface area contributed by atoms with Gasteiger partial charge in [0, 0.05) is 0 Å². The monoisotopic (exact) mass is 378 g/mol. The minimum Gasteiger partial charge on any atom is -0.504 e. The molecular formula is C21H30O6. The van der Waals surface area contributed by atoms with E-state index in [4.69, 9.17) is 19.0 Å². The minimum absolute atomic E-state index is 0.110. The van der Waals surface area contributed by atoms with Crippen LogP contribution in [0.25, 0.3) is 11.0 Å². The zero-order valence-corrected chi connectivity index (χ0v) is 16.0. The van der Waals surface area contributed by atoms with E-state index in [0.717, 1.165) is 19.3 Å². The molecule has 0 fully saturated rings. The molecule has 0 radical (unpaired) electrons. The molecule has 0 bridgehead atoms. The maximum Gasteiger partial charge on any atom is 0.383 e. The van der Waals surface area contributed by atoms with Crippen LogP contribution in [0, 0.1) is 0 Å². The van der Waals surface area contributed by atoms with Crippen LogP contribution in [0.2, 0.25) is 0 Å². The summed E-state index contributed by atoms with van der Waals surface area (Å²) in [5, 5.41) is 19.6. The van der Waals surface area contributed by atoms with Crippen LogP contribution in [0.15, 0.2) is 27.4 Å². The van der Waals surface area contributed by atoms with E-state index in [1.165, 1.54) is 32.1 Å². The van der Waals surface area contributed by atoms with Gasteiger partial charge in [0.2, 0.25) is 5.75 Å². The fraction of sp³-hybridized carbons (Fsp3) is 0.571. The summed E-state index contributed by atoms with van der Waals surface area (Å²) in [6, 6.07) is 4.72. The summed E-state index contributed by atoms with van der Waals surface area (Å²) in [5.74, 6) is 0.0646. The predicted octanol–water partition coefficient (Wildman–Crippen LogP) is 4.39. The molecule has 0 aliphatic rings. The smallest absolute Gasteiger partial charge is 0.383 e. The van der Waals surface area contributed by atoms with Crippen LogP contribution in [-0.4, -0.2) is 30.0 Å². The second kappa shape index (κ2) is 11.5. The lowest BCUT2D eigenvalue weighted by Gasteiger charge is -2.10. The standard InChI is InChI=1S/C21H30O6/c1-2-3-4-5-6-7-8-9-13-26-20-19(23)17-15-16(25-14-12-22)10-11-18(17)27-21(20)24/h10-11,15,22-23H,2-9,12-14H2,1H3. The fourth-order valence-corrected chi connectivity index (χ4v) is 2.94. The molecule has 2 aromatic rings. The molecule has 2 rings (SSSR count). The highest BCUT2D eigenvalue weighted by Crippen LogP contribution is 2.33. The van der Waals surface area contributed by atoms with E-state index in [2.05, 4.69) is 6.92 Å². The summed E-state index contributed by atoms with van der Waals surface area (Å²) in [7, 11) is 0. The van der Waals surface area contributed by atoms with Crippen molar-refractivity contribution in [3.05, 3.63) is 28.6 Å². The zero-order chi connectivity index (χ0) is 19.5. The molecule has 1 aromatic heterocycles. The molecule has 6 heteroatoms. The summed E-state index contributed by atoms with van der Waals surface area (Å²) in [5.41, 5.74) is -0.433. The summed E-state index contributed by atoms with van der Waals surface area (Å²) in [4.78, 5) is 12.1. The van der Waals surface area contributed by atoms with Crippen molar-refractivity contribution in [3.63, 3.8) is 0 Å². The molecule has 150 valence electrons. The van der Waals surface area contributed by atoms with Crippen LogP contribution >= 0.6 is 0 Å². The van der Waals surface area contributed by atoms with Crippen molar-refractivity contribution in [2.45, 2.75) is 58.3 Å². The van der Waals surface area contributed by atoms with Crippen LogP contribution in [0.3, 0.4) is 0 Å². The van der Waals surface area contributed by atoms with Crippen molar-refractivity contribution in [2.75, 3.05) is 19.8 Å². The van der Waals surface area contributed by atoms with Crippen molar-refractivity contribution < 1.29 is 24.1 Å². The first-order valence-corrected chi connectivity index (χ1v) is 9.83. The third-order valence-corrected chi connectivity index (χ3v) is 4.41. The number of aliphatic hydroxyl groups excluding tert-OH is 1. The van der Waals surface area contributed by atoms with Gasteiger partial charge in [-0.2, -0.15) is 0 Å². The van der Waals surface area contributed by atoms with Crippen molar-refractivity contribution in [2.24, 2.45) is 0 Å². The van der Waals surface area contributed by atoms with Crippen LogP contribution in [0.5, 0.6) is 17.2 Å². The third kappa shape index (κ3) is 6.47. The predicted molar refractivity (Wildman–Crippen MR) is 105 cm³/mol. The SMILES string of the molecule is CCCCCCCCCCOc1c(O)c2cc(OCCO)ccc2oc1=O. The maximum absolute atomic E-state index is 12.1. The lowest BCUT2D eigenvalue weighted by Crippen LogP contribution is -2.09. The number of hydrogen-bond donors (Lipinski definition) is 2. The number of ether oxygens (including phenoxy) is 2. The molecule has 6 nitrogen and oxygen atoms in total. The highest BCUT2D eigenvalue weighted by Gasteiger charge is 2.16. The Labute approximate surface area is 159 Å². The molecule has 27 heavy (non-hydrogen) atoms. The zero-order valence-electron chi connectivity index (χ0n) is 16.0. The molecule has 0 unspecified atom stereocenters. The van der Waals surface area contributed by atoms with Gasteiger partial charge in [0.1, 0.15) is 17.9 Å². The number of rotatable bonds is 13. The number of unbranched alkanes of at least 4 members (excludes halogenated alkanes) is 7. The van der Waals surface area contributed by atoms with E-state index in [9.17, 15) is 9.90 Å². The van der Waals surface area contributed by atoms with E-state index in [1.807, 2.05) is 0 Å². The van der Waals surface area contributed by atoms with Crippen molar-refractivity contribution >= 4 is 11.0 Å². The van der Waals surface area contributed by atoms with Gasteiger partial charge in [-0.25, -0.2) is 4.79 Å². The first-order chi connectivity index (χ1) is 13.2. The number of benzene rings is 1. The Morgan fingerprint density at radius 3 is 2.37 bits per heavy atom. The van der Waals surface area contributed by atoms with Gasteiger partial charge < -0.3 is 24.1 Å². The van der Waals surface area contributed by atoms with E-state index in [1.54, 1.807) is 18.2 Å². The van der Waals surface area contributed by atoms with Crippen molar-refractivity contribution in [3.8, 4) is 17.2 Å². The van der Waals surface area contributed by atoms with Gasteiger partial charge in [-0.15, -0.1) is 0 Å². The fourth-order valence-electron chi connectivity index (χ4n) is 2.94. The van der Waals surface area contributed by atoms with Crippen LogP contribution in [-0.2, 0) is 0 Å². The molecular weight excluding hydrogens is 348 g/mol. The molecule has 0 aliphatic heterocycles. The minimum atomic E-state index is -0.691. The van der Waals surface area contributed by atoms with Crippen molar-refractivity contribution in [1.29, 1.82) is 0 Å². The Morgan fingerprint density at radius 2 is 1.67 bits per heavy atom. The van der Waals surface area contributed by atoms with E-state index < -0.39 is 5.63 Å². The maximum atomic E-state index is 12.1. The first-order valence-electron chi connectivity index (χ1n) is 9.83. The molecule has 0 saturated heterocycles. The molecule has 0 amide bonds. The number of aliphatic hydroxyl groups is 1. The molecule has 1 heterocycles. The Hall–Kier alpha value is -2.21. The Bertz CT molecular complexity index is 752. The molecule has 0 saturated carbocycles. The Balaban J connectivity index is 1.90. The highest BCUT2D eigenvalue weighted by atomic mass is 16.5. The second-order valence-corrected chi connectivity index (χ2v) is 6.62.